The van der Waals surface area contributed by atoms with Gasteiger partial charge in [0.15, 0.2) is 0 Å². The lowest BCUT2D eigenvalue weighted by Gasteiger charge is -2.24. The van der Waals surface area contributed by atoms with E-state index in [0.717, 1.165) is 28.2 Å². The third-order valence-electron chi connectivity index (χ3n) is 7.76. The molecule has 0 heterocycles. The van der Waals surface area contributed by atoms with Crippen molar-refractivity contribution in [3.63, 3.8) is 0 Å². The van der Waals surface area contributed by atoms with Gasteiger partial charge in [-0.15, -0.1) is 0 Å². The monoisotopic (exact) mass is 590 g/mol. The summed E-state index contributed by atoms with van der Waals surface area (Å²) in [5.74, 6) is 1.68. The maximum Gasteiger partial charge on any atom is 0.118 e. The van der Waals surface area contributed by atoms with Gasteiger partial charge in [-0.05, 0) is 94.5 Å². The molecule has 3 heteroatoms. The molecule has 0 aromatic heterocycles. The van der Waals surface area contributed by atoms with Gasteiger partial charge in [-0.3, -0.25) is 0 Å². The average molecular weight is 591 g/mol. The molecule has 0 unspecified atom stereocenters. The minimum absolute atomic E-state index is 0.794. The standard InChI is InChI=1S/C41H35O2P/c1-30-18-27-37(38-16-10-11-17-41(38)44(35-12-6-4-7-13-35)36-14-8-5-9-15-36)40(28-30)39(32-21-25-34(43-3)26-22-32)29-31-19-23-33(42-2)24-20-31/h4-29H,1-3H3/b39-29+. The lowest BCUT2D eigenvalue weighted by Crippen LogP contribution is -2.22. The van der Waals surface area contributed by atoms with E-state index in [4.69, 9.17) is 9.47 Å². The Bertz CT molecular complexity index is 1820. The predicted octanol–water partition coefficient (Wildman–Crippen LogP) is 9.03. The summed E-state index contributed by atoms with van der Waals surface area (Å²) < 4.78 is 10.9. The fourth-order valence-electron chi connectivity index (χ4n) is 5.55. The predicted molar refractivity (Wildman–Crippen MR) is 188 cm³/mol. The molecule has 0 fully saturated rings. The molecule has 0 amide bonds. The van der Waals surface area contributed by atoms with Gasteiger partial charge >= 0.3 is 0 Å². The summed E-state index contributed by atoms with van der Waals surface area (Å²) in [6, 6.07) is 54.2. The Labute approximate surface area is 262 Å². The van der Waals surface area contributed by atoms with Crippen molar-refractivity contribution in [2.24, 2.45) is 0 Å². The van der Waals surface area contributed by atoms with Crippen molar-refractivity contribution >= 4 is 35.5 Å². The summed E-state index contributed by atoms with van der Waals surface area (Å²) in [5, 5.41) is 4.00. The van der Waals surface area contributed by atoms with Crippen LogP contribution in [0.5, 0.6) is 11.5 Å². The van der Waals surface area contributed by atoms with Gasteiger partial charge in [0.25, 0.3) is 0 Å². The molecule has 0 saturated heterocycles. The van der Waals surface area contributed by atoms with Crippen molar-refractivity contribution in [3.05, 3.63) is 174 Å². The van der Waals surface area contributed by atoms with Crippen LogP contribution >= 0.6 is 7.92 Å². The maximum absolute atomic E-state index is 5.51. The molecule has 0 spiro atoms. The Morgan fingerprint density at radius 1 is 0.545 bits per heavy atom. The lowest BCUT2D eigenvalue weighted by molar-refractivity contribution is 0.414. The van der Waals surface area contributed by atoms with Crippen molar-refractivity contribution < 1.29 is 9.47 Å². The van der Waals surface area contributed by atoms with Gasteiger partial charge in [-0.25, -0.2) is 0 Å². The first-order valence-corrected chi connectivity index (χ1v) is 16.1. The van der Waals surface area contributed by atoms with E-state index in [1.165, 1.54) is 38.2 Å². The molecular weight excluding hydrogens is 555 g/mol. The molecule has 0 N–H and O–H groups in total. The molecule has 0 aliphatic heterocycles. The molecule has 0 radical (unpaired) electrons. The van der Waals surface area contributed by atoms with Crippen LogP contribution < -0.4 is 25.4 Å². The highest BCUT2D eigenvalue weighted by Crippen LogP contribution is 2.41. The summed E-state index contributed by atoms with van der Waals surface area (Å²) >= 11 is 0. The normalized spacial score (nSPS) is 11.4. The second-order valence-electron chi connectivity index (χ2n) is 10.6. The number of rotatable bonds is 9. The molecule has 0 saturated carbocycles. The van der Waals surface area contributed by atoms with Gasteiger partial charge in [0.2, 0.25) is 0 Å². The molecule has 0 aliphatic carbocycles. The molecule has 0 aliphatic rings. The molecule has 2 nitrogen and oxygen atoms in total. The van der Waals surface area contributed by atoms with Gasteiger partial charge in [0, 0.05) is 0 Å². The second-order valence-corrected chi connectivity index (χ2v) is 12.8. The van der Waals surface area contributed by atoms with Crippen LogP contribution in [0.25, 0.3) is 22.8 Å². The summed E-state index contributed by atoms with van der Waals surface area (Å²) in [4.78, 5) is 0. The zero-order valence-electron chi connectivity index (χ0n) is 25.3. The largest absolute Gasteiger partial charge is 0.497 e. The lowest BCUT2D eigenvalue weighted by atomic mass is 9.88. The van der Waals surface area contributed by atoms with E-state index in [2.05, 4.69) is 140 Å². The Balaban J connectivity index is 1.59. The summed E-state index contributed by atoms with van der Waals surface area (Å²) in [6.45, 7) is 2.17. The van der Waals surface area contributed by atoms with E-state index < -0.39 is 7.92 Å². The Morgan fingerprint density at radius 2 is 1.09 bits per heavy atom. The van der Waals surface area contributed by atoms with E-state index in [0.29, 0.717) is 0 Å². The summed E-state index contributed by atoms with van der Waals surface area (Å²) in [7, 11) is 2.61. The van der Waals surface area contributed by atoms with Gasteiger partial charge in [-0.2, -0.15) is 0 Å². The first-order chi connectivity index (χ1) is 21.6. The molecule has 44 heavy (non-hydrogen) atoms. The van der Waals surface area contributed by atoms with E-state index in [1.54, 1.807) is 14.2 Å². The number of aryl methyl sites for hydroxylation is 1. The van der Waals surface area contributed by atoms with Crippen molar-refractivity contribution in [2.45, 2.75) is 6.92 Å². The van der Waals surface area contributed by atoms with E-state index in [9.17, 15) is 0 Å². The van der Waals surface area contributed by atoms with Crippen LogP contribution in [0.4, 0.5) is 0 Å². The van der Waals surface area contributed by atoms with Crippen LogP contribution in [-0.2, 0) is 0 Å². The molecule has 6 rings (SSSR count). The Hall–Kier alpha value is -4.91. The number of benzene rings is 6. The number of hydrogen-bond acceptors (Lipinski definition) is 2. The van der Waals surface area contributed by atoms with Gasteiger partial charge in [0.1, 0.15) is 11.5 Å². The fourth-order valence-corrected chi connectivity index (χ4v) is 8.01. The van der Waals surface area contributed by atoms with E-state index in [-0.39, 0.29) is 0 Å². The van der Waals surface area contributed by atoms with Crippen LogP contribution in [-0.4, -0.2) is 14.2 Å². The van der Waals surface area contributed by atoms with Gasteiger partial charge in [0.05, 0.1) is 14.2 Å². The zero-order chi connectivity index (χ0) is 30.3. The quantitative estimate of drug-likeness (QED) is 0.124. The van der Waals surface area contributed by atoms with Crippen molar-refractivity contribution in [1.29, 1.82) is 0 Å². The second kappa shape index (κ2) is 13.6. The average Bonchev–Trinajstić information content (AvgIpc) is 3.09. The molecule has 0 atom stereocenters. The minimum atomic E-state index is -0.794. The zero-order valence-corrected chi connectivity index (χ0v) is 26.2. The van der Waals surface area contributed by atoms with Crippen LogP contribution in [0.2, 0.25) is 0 Å². The van der Waals surface area contributed by atoms with Crippen LogP contribution in [0.15, 0.2) is 152 Å². The molecule has 6 aromatic rings. The van der Waals surface area contributed by atoms with Gasteiger partial charge in [-0.1, -0.05) is 133 Å². The molecule has 216 valence electrons. The summed E-state index contributed by atoms with van der Waals surface area (Å²) in [5.41, 5.74) is 8.23. The number of ether oxygens (including phenoxy) is 2. The van der Waals surface area contributed by atoms with Crippen LogP contribution in [0, 0.1) is 6.92 Å². The van der Waals surface area contributed by atoms with Crippen molar-refractivity contribution in [2.75, 3.05) is 14.2 Å². The highest BCUT2D eigenvalue weighted by Gasteiger charge is 2.22. The molecule has 6 aromatic carbocycles. The SMILES string of the molecule is COc1ccc(/C=C(\c2ccc(OC)cc2)c2cc(C)ccc2-c2ccccc2P(c2ccccc2)c2ccccc2)cc1. The highest BCUT2D eigenvalue weighted by molar-refractivity contribution is 7.80. The van der Waals surface area contributed by atoms with E-state index >= 15 is 0 Å². The Morgan fingerprint density at radius 3 is 1.68 bits per heavy atom. The first kappa shape index (κ1) is 29.2. The van der Waals surface area contributed by atoms with Crippen molar-refractivity contribution in [3.8, 4) is 22.6 Å². The Kier molecular flexibility index (Phi) is 9.01. The van der Waals surface area contributed by atoms with Crippen LogP contribution in [0.1, 0.15) is 22.3 Å². The molecule has 0 bridgehead atoms. The third kappa shape index (κ3) is 6.37. The van der Waals surface area contributed by atoms with Crippen LogP contribution in [0.3, 0.4) is 0 Å². The minimum Gasteiger partial charge on any atom is -0.497 e. The van der Waals surface area contributed by atoms with Crippen molar-refractivity contribution in [1.82, 2.24) is 0 Å². The van der Waals surface area contributed by atoms with Gasteiger partial charge < -0.3 is 9.47 Å². The molecular formula is C41H35O2P. The maximum atomic E-state index is 5.51. The third-order valence-corrected chi connectivity index (χ3v) is 10.3. The topological polar surface area (TPSA) is 18.5 Å². The summed E-state index contributed by atoms with van der Waals surface area (Å²) in [6.07, 6.45) is 2.28. The number of methoxy groups -OCH3 is 2. The van der Waals surface area contributed by atoms with E-state index in [1.807, 2.05) is 24.3 Å². The fraction of sp³-hybridized carbons (Fsp3) is 0.0732. The smallest absolute Gasteiger partial charge is 0.118 e. The highest BCUT2D eigenvalue weighted by atomic mass is 31.1. The number of hydrogen-bond donors (Lipinski definition) is 0. The first-order valence-electron chi connectivity index (χ1n) is 14.8.